The van der Waals surface area contributed by atoms with Crippen molar-refractivity contribution >= 4 is 5.91 Å². The molecule has 0 aliphatic heterocycles. The first-order valence-corrected chi connectivity index (χ1v) is 9.28. The Morgan fingerprint density at radius 2 is 1.67 bits per heavy atom. The van der Waals surface area contributed by atoms with Gasteiger partial charge in [0, 0.05) is 12.5 Å². The molecule has 0 bridgehead atoms. The molecule has 0 spiro atoms. The van der Waals surface area contributed by atoms with Crippen LogP contribution in [0, 0.1) is 0 Å². The smallest absolute Gasteiger partial charge is 0.273 e. The number of carbonyl (C=O) groups is 1. The summed E-state index contributed by atoms with van der Waals surface area (Å²) in [7, 11) is 0. The van der Waals surface area contributed by atoms with Crippen LogP contribution in [0.1, 0.15) is 59.2 Å². The normalized spacial score (nSPS) is 12.1. The van der Waals surface area contributed by atoms with Gasteiger partial charge in [0.15, 0.2) is 5.69 Å². The molecular formula is C22H25N3O2. The molecule has 0 fully saturated rings. The maximum absolute atomic E-state index is 12.3. The van der Waals surface area contributed by atoms with E-state index in [1.54, 1.807) is 0 Å². The fourth-order valence-electron chi connectivity index (χ4n) is 3.05. The van der Waals surface area contributed by atoms with Gasteiger partial charge in [-0.15, -0.1) is 0 Å². The zero-order chi connectivity index (χ0) is 19.1. The first kappa shape index (κ1) is 18.9. The number of hydrogen-bond acceptors (Lipinski definition) is 4. The minimum atomic E-state index is -0.285. The molecule has 1 heterocycles. The van der Waals surface area contributed by atoms with E-state index in [1.165, 1.54) is 17.4 Å². The van der Waals surface area contributed by atoms with Crippen molar-refractivity contribution in [2.75, 3.05) is 6.54 Å². The Bertz CT molecular complexity index is 807. The first-order chi connectivity index (χ1) is 13.2. The minimum absolute atomic E-state index is 0.217. The van der Waals surface area contributed by atoms with Gasteiger partial charge in [-0.2, -0.15) is 0 Å². The average Bonchev–Trinajstić information content (AvgIpc) is 3.22. The Hall–Kier alpha value is -2.92. The van der Waals surface area contributed by atoms with Crippen LogP contribution in [0.2, 0.25) is 0 Å². The Labute approximate surface area is 159 Å². The van der Waals surface area contributed by atoms with E-state index in [0.29, 0.717) is 18.9 Å². The van der Waals surface area contributed by atoms with Gasteiger partial charge in [-0.05, 0) is 24.0 Å². The molecule has 1 atom stereocenters. The molecule has 1 unspecified atom stereocenters. The summed E-state index contributed by atoms with van der Waals surface area (Å²) in [6, 6.07) is 20.4. The largest absolute Gasteiger partial charge is 0.446 e. The van der Waals surface area contributed by atoms with Gasteiger partial charge in [-0.1, -0.05) is 67.6 Å². The molecule has 0 aliphatic carbocycles. The molecule has 1 aromatic heterocycles. The third kappa shape index (κ3) is 4.83. The van der Waals surface area contributed by atoms with Gasteiger partial charge in [0.25, 0.3) is 5.91 Å². The quantitative estimate of drug-likeness (QED) is 0.633. The van der Waals surface area contributed by atoms with E-state index in [4.69, 9.17) is 10.2 Å². The lowest BCUT2D eigenvalue weighted by Gasteiger charge is -2.18. The van der Waals surface area contributed by atoms with Crippen molar-refractivity contribution in [1.82, 2.24) is 10.3 Å². The van der Waals surface area contributed by atoms with Gasteiger partial charge >= 0.3 is 0 Å². The fourth-order valence-corrected chi connectivity index (χ4v) is 3.05. The number of nitrogens with one attached hydrogen (secondary N) is 1. The van der Waals surface area contributed by atoms with E-state index in [-0.39, 0.29) is 23.6 Å². The molecule has 3 aromatic rings. The van der Waals surface area contributed by atoms with Gasteiger partial charge in [-0.25, -0.2) is 4.98 Å². The Morgan fingerprint density at radius 1 is 1.07 bits per heavy atom. The van der Waals surface area contributed by atoms with Crippen molar-refractivity contribution in [3.05, 3.63) is 89.6 Å². The molecule has 0 radical (unpaired) electrons. The standard InChI is InChI=1S/C22H25N3O2/c1-2-19(23)22-25-20(15-27-22)21(26)24-14-13-18(16-9-5-3-6-10-16)17-11-7-4-8-12-17/h3-12,15,18-19H,2,13-14,23H2,1H3,(H,24,26). The van der Waals surface area contributed by atoms with Crippen LogP contribution >= 0.6 is 0 Å². The van der Waals surface area contributed by atoms with E-state index in [1.807, 2.05) is 43.3 Å². The lowest BCUT2D eigenvalue weighted by Crippen LogP contribution is -2.26. The third-order valence-electron chi connectivity index (χ3n) is 4.63. The van der Waals surface area contributed by atoms with E-state index in [9.17, 15) is 4.79 Å². The van der Waals surface area contributed by atoms with Crippen molar-refractivity contribution in [2.45, 2.75) is 31.7 Å². The highest BCUT2D eigenvalue weighted by Crippen LogP contribution is 2.27. The summed E-state index contributed by atoms with van der Waals surface area (Å²) in [5.41, 5.74) is 8.62. The average molecular weight is 363 g/mol. The van der Waals surface area contributed by atoms with Crippen LogP contribution in [0.5, 0.6) is 0 Å². The van der Waals surface area contributed by atoms with Gasteiger partial charge in [0.2, 0.25) is 5.89 Å². The zero-order valence-electron chi connectivity index (χ0n) is 15.5. The fraction of sp³-hybridized carbons (Fsp3) is 0.273. The number of benzene rings is 2. The second-order valence-corrected chi connectivity index (χ2v) is 6.50. The highest BCUT2D eigenvalue weighted by Gasteiger charge is 2.17. The summed E-state index contributed by atoms with van der Waals surface area (Å²) >= 11 is 0. The van der Waals surface area contributed by atoms with E-state index in [0.717, 1.165) is 6.42 Å². The molecule has 5 heteroatoms. The van der Waals surface area contributed by atoms with Crippen LogP contribution in [0.3, 0.4) is 0 Å². The van der Waals surface area contributed by atoms with Crippen LogP contribution < -0.4 is 11.1 Å². The van der Waals surface area contributed by atoms with Crippen LogP contribution in [-0.4, -0.2) is 17.4 Å². The second kappa shape index (κ2) is 9.14. The number of nitrogens with two attached hydrogens (primary N) is 1. The van der Waals surface area contributed by atoms with Crippen molar-refractivity contribution in [3.8, 4) is 0 Å². The molecule has 2 aromatic carbocycles. The molecule has 3 rings (SSSR count). The van der Waals surface area contributed by atoms with Crippen LogP contribution in [0.25, 0.3) is 0 Å². The van der Waals surface area contributed by atoms with Crippen molar-refractivity contribution in [2.24, 2.45) is 5.73 Å². The minimum Gasteiger partial charge on any atom is -0.446 e. The topological polar surface area (TPSA) is 81.1 Å². The molecule has 3 N–H and O–H groups in total. The maximum Gasteiger partial charge on any atom is 0.273 e. The number of rotatable bonds is 8. The Kier molecular flexibility index (Phi) is 6.39. The van der Waals surface area contributed by atoms with E-state index < -0.39 is 0 Å². The summed E-state index contributed by atoms with van der Waals surface area (Å²) in [4.78, 5) is 16.5. The Morgan fingerprint density at radius 3 is 2.22 bits per heavy atom. The maximum atomic E-state index is 12.3. The van der Waals surface area contributed by atoms with E-state index >= 15 is 0 Å². The van der Waals surface area contributed by atoms with Crippen molar-refractivity contribution in [3.63, 3.8) is 0 Å². The molecule has 0 saturated carbocycles. The van der Waals surface area contributed by atoms with Gasteiger partial charge in [0.05, 0.1) is 6.04 Å². The number of hydrogen-bond donors (Lipinski definition) is 2. The van der Waals surface area contributed by atoms with Gasteiger partial charge in [0.1, 0.15) is 6.26 Å². The van der Waals surface area contributed by atoms with Crippen LogP contribution in [-0.2, 0) is 0 Å². The molecule has 27 heavy (non-hydrogen) atoms. The summed E-state index contributed by atoms with van der Waals surface area (Å²) < 4.78 is 5.31. The molecule has 0 aliphatic rings. The van der Waals surface area contributed by atoms with Crippen LogP contribution in [0.15, 0.2) is 71.3 Å². The van der Waals surface area contributed by atoms with Crippen molar-refractivity contribution in [1.29, 1.82) is 0 Å². The monoisotopic (exact) mass is 363 g/mol. The number of oxazole rings is 1. The SMILES string of the molecule is CCC(N)c1nc(C(=O)NCCC(c2ccccc2)c2ccccc2)co1. The summed E-state index contributed by atoms with van der Waals surface area (Å²) in [5.74, 6) is 0.372. The Balaban J connectivity index is 1.64. The highest BCUT2D eigenvalue weighted by atomic mass is 16.3. The number of carbonyl (C=O) groups excluding carboxylic acids is 1. The molecule has 1 amide bonds. The molecule has 5 nitrogen and oxygen atoms in total. The van der Waals surface area contributed by atoms with Crippen LogP contribution in [0.4, 0.5) is 0 Å². The second-order valence-electron chi connectivity index (χ2n) is 6.50. The summed E-state index contributed by atoms with van der Waals surface area (Å²) in [5, 5.41) is 2.94. The highest BCUT2D eigenvalue weighted by molar-refractivity contribution is 5.91. The number of amides is 1. The molecular weight excluding hydrogens is 338 g/mol. The summed E-state index contributed by atoms with van der Waals surface area (Å²) in [6.07, 6.45) is 2.86. The molecule has 140 valence electrons. The zero-order valence-corrected chi connectivity index (χ0v) is 15.5. The summed E-state index contributed by atoms with van der Waals surface area (Å²) in [6.45, 7) is 2.48. The lowest BCUT2D eigenvalue weighted by atomic mass is 9.88. The molecule has 0 saturated heterocycles. The van der Waals surface area contributed by atoms with Crippen molar-refractivity contribution < 1.29 is 9.21 Å². The van der Waals surface area contributed by atoms with E-state index in [2.05, 4.69) is 34.6 Å². The van der Waals surface area contributed by atoms with Gasteiger partial charge < -0.3 is 15.5 Å². The number of nitrogens with zero attached hydrogens (tertiary/aromatic N) is 1. The first-order valence-electron chi connectivity index (χ1n) is 9.28. The lowest BCUT2D eigenvalue weighted by molar-refractivity contribution is 0.0947. The predicted octanol–water partition coefficient (Wildman–Crippen LogP) is 4.04. The number of aromatic nitrogens is 1. The van der Waals surface area contributed by atoms with Gasteiger partial charge in [-0.3, -0.25) is 4.79 Å². The predicted molar refractivity (Wildman–Crippen MR) is 105 cm³/mol. The third-order valence-corrected chi connectivity index (χ3v) is 4.63.